The van der Waals surface area contributed by atoms with Gasteiger partial charge in [0.15, 0.2) is 5.65 Å². The van der Waals surface area contributed by atoms with Crippen molar-refractivity contribution in [1.29, 1.82) is 0 Å². The maximum Gasteiger partial charge on any atom is 0.256 e. The van der Waals surface area contributed by atoms with Gasteiger partial charge in [-0.15, -0.1) is 0 Å². The van der Waals surface area contributed by atoms with Crippen molar-refractivity contribution in [2.45, 2.75) is 26.8 Å². The van der Waals surface area contributed by atoms with Crippen LogP contribution >= 0.6 is 0 Å². The smallest absolute Gasteiger partial charge is 0.256 e. The minimum atomic E-state index is -0.360. The summed E-state index contributed by atoms with van der Waals surface area (Å²) in [6, 6.07) is 14.7. The zero-order valence-corrected chi connectivity index (χ0v) is 19.8. The number of nitrogens with one attached hydrogen (secondary N) is 2. The Labute approximate surface area is 198 Å². The van der Waals surface area contributed by atoms with Crippen LogP contribution in [0.2, 0.25) is 0 Å². The second kappa shape index (κ2) is 9.35. The average Bonchev–Trinajstić information content (AvgIpc) is 3.27. The van der Waals surface area contributed by atoms with E-state index in [9.17, 15) is 9.59 Å². The van der Waals surface area contributed by atoms with Crippen molar-refractivity contribution < 1.29 is 14.3 Å². The summed E-state index contributed by atoms with van der Waals surface area (Å²) in [4.78, 5) is 30.9. The lowest BCUT2D eigenvalue weighted by Crippen LogP contribution is -2.22. The summed E-state index contributed by atoms with van der Waals surface area (Å²) >= 11 is 0. The number of methoxy groups -OCH3 is 1. The van der Waals surface area contributed by atoms with Crippen molar-refractivity contribution in [3.05, 3.63) is 71.4 Å². The first-order valence-corrected chi connectivity index (χ1v) is 11.0. The van der Waals surface area contributed by atoms with E-state index in [4.69, 9.17) is 9.72 Å². The lowest BCUT2D eigenvalue weighted by atomic mass is 10.0. The molecule has 0 aliphatic rings. The van der Waals surface area contributed by atoms with Crippen LogP contribution in [0.1, 0.15) is 46.2 Å². The van der Waals surface area contributed by atoms with Gasteiger partial charge in [-0.25, -0.2) is 9.67 Å². The third-order valence-corrected chi connectivity index (χ3v) is 5.67. The average molecular weight is 458 g/mol. The Morgan fingerprint density at radius 3 is 2.47 bits per heavy atom. The van der Waals surface area contributed by atoms with Crippen molar-refractivity contribution in [2.75, 3.05) is 19.5 Å². The highest BCUT2D eigenvalue weighted by molar-refractivity contribution is 6.14. The summed E-state index contributed by atoms with van der Waals surface area (Å²) < 4.78 is 7.04. The van der Waals surface area contributed by atoms with Gasteiger partial charge in [-0.2, -0.15) is 5.10 Å². The fourth-order valence-corrected chi connectivity index (χ4v) is 3.85. The maximum atomic E-state index is 13.6. The molecule has 0 aliphatic carbocycles. The molecule has 4 rings (SSSR count). The van der Waals surface area contributed by atoms with Gasteiger partial charge in [-0.3, -0.25) is 9.59 Å². The van der Waals surface area contributed by atoms with Gasteiger partial charge in [-0.1, -0.05) is 24.3 Å². The quantitative estimate of drug-likeness (QED) is 0.441. The Balaban J connectivity index is 1.85. The van der Waals surface area contributed by atoms with Gasteiger partial charge in [0, 0.05) is 18.7 Å². The molecule has 2 aromatic carbocycles. The number of aryl methyl sites for hydroxylation is 1. The molecule has 0 spiro atoms. The molecule has 34 heavy (non-hydrogen) atoms. The molecule has 8 nitrogen and oxygen atoms in total. The second-order valence-corrected chi connectivity index (χ2v) is 8.23. The number of fused-ring (bicyclic) bond motifs is 1. The predicted molar refractivity (Wildman–Crippen MR) is 132 cm³/mol. The van der Waals surface area contributed by atoms with Crippen molar-refractivity contribution in [2.24, 2.45) is 0 Å². The Hall–Kier alpha value is -4.20. The van der Waals surface area contributed by atoms with Crippen LogP contribution in [0.15, 0.2) is 54.7 Å². The summed E-state index contributed by atoms with van der Waals surface area (Å²) in [5.74, 6) is -0.175. The zero-order chi connectivity index (χ0) is 24.4. The van der Waals surface area contributed by atoms with Gasteiger partial charge in [0.05, 0.1) is 41.2 Å². The van der Waals surface area contributed by atoms with Gasteiger partial charge in [0.25, 0.3) is 11.8 Å². The first-order valence-electron chi connectivity index (χ1n) is 11.0. The molecule has 0 atom stereocenters. The number of nitrogens with zero attached hydrogens (tertiary/aromatic N) is 3. The van der Waals surface area contributed by atoms with Crippen LogP contribution in [0.4, 0.5) is 5.69 Å². The lowest BCUT2D eigenvalue weighted by molar-refractivity contribution is 0.0963. The topological polar surface area (TPSA) is 98.1 Å². The minimum absolute atomic E-state index is 0.0643. The number of rotatable bonds is 6. The third kappa shape index (κ3) is 4.22. The normalized spacial score (nSPS) is 11.0. The SMILES string of the molecule is CNC(=O)c1cc(OC)ccc1NC(=O)c1cc(-c2ccccc2C)nc2c1cnn2C(C)C. The number of ether oxygens (including phenoxy) is 1. The maximum absolute atomic E-state index is 13.6. The van der Waals surface area contributed by atoms with Crippen molar-refractivity contribution in [3.63, 3.8) is 0 Å². The Morgan fingerprint density at radius 1 is 1.03 bits per heavy atom. The Kier molecular flexibility index (Phi) is 6.32. The van der Waals surface area contributed by atoms with E-state index in [1.807, 2.05) is 45.0 Å². The lowest BCUT2D eigenvalue weighted by Gasteiger charge is -2.14. The molecule has 8 heteroatoms. The van der Waals surface area contributed by atoms with Crippen LogP contribution in [0.25, 0.3) is 22.3 Å². The van der Waals surface area contributed by atoms with Crippen LogP contribution in [-0.4, -0.2) is 40.7 Å². The molecule has 0 radical (unpaired) electrons. The predicted octanol–water partition coefficient (Wildman–Crippen LogP) is 4.61. The van der Waals surface area contributed by atoms with E-state index in [0.29, 0.717) is 39.3 Å². The largest absolute Gasteiger partial charge is 0.497 e. The molecular formula is C26H27N5O3. The third-order valence-electron chi connectivity index (χ3n) is 5.67. The Morgan fingerprint density at radius 2 is 1.79 bits per heavy atom. The summed E-state index contributed by atoms with van der Waals surface area (Å²) in [5, 5.41) is 10.6. The number of carbonyl (C=O) groups excluding carboxylic acids is 2. The van der Waals surface area contributed by atoms with Gasteiger partial charge in [0.1, 0.15) is 5.75 Å². The van der Waals surface area contributed by atoms with E-state index in [0.717, 1.165) is 11.1 Å². The molecule has 4 aromatic rings. The molecule has 0 saturated carbocycles. The number of benzene rings is 2. The molecule has 0 saturated heterocycles. The van der Waals surface area contributed by atoms with Crippen molar-refractivity contribution in [1.82, 2.24) is 20.1 Å². The number of aromatic nitrogens is 3. The number of hydrogen-bond acceptors (Lipinski definition) is 5. The van der Waals surface area contributed by atoms with Gasteiger partial charge < -0.3 is 15.4 Å². The van der Waals surface area contributed by atoms with E-state index < -0.39 is 0 Å². The summed E-state index contributed by atoms with van der Waals surface area (Å²) in [6.07, 6.45) is 1.66. The van der Waals surface area contributed by atoms with Gasteiger partial charge in [-0.05, 0) is 50.6 Å². The van der Waals surface area contributed by atoms with Crippen LogP contribution < -0.4 is 15.4 Å². The molecule has 0 bridgehead atoms. The standard InChI is InChI=1S/C26H27N5O3/c1-15(2)31-24-21(14-28-31)19(13-23(29-24)18-9-7-6-8-16(18)3)26(33)30-22-11-10-17(34-5)12-20(22)25(32)27-4/h6-15H,1-5H3,(H,27,32)(H,30,33). The van der Waals surface area contributed by atoms with Crippen molar-refractivity contribution >= 4 is 28.5 Å². The van der Waals surface area contributed by atoms with Crippen LogP contribution in [-0.2, 0) is 0 Å². The summed E-state index contributed by atoms with van der Waals surface area (Å²) in [5.41, 5.74) is 4.40. The molecule has 2 heterocycles. The number of hydrogen-bond donors (Lipinski definition) is 2. The molecular weight excluding hydrogens is 430 g/mol. The van der Waals surface area contributed by atoms with E-state index in [-0.39, 0.29) is 17.9 Å². The molecule has 0 fully saturated rings. The van der Waals surface area contributed by atoms with E-state index >= 15 is 0 Å². The van der Waals surface area contributed by atoms with Crippen LogP contribution in [0.3, 0.4) is 0 Å². The first kappa shape index (κ1) is 23.0. The monoisotopic (exact) mass is 457 g/mol. The fraction of sp³-hybridized carbons (Fsp3) is 0.231. The highest BCUT2D eigenvalue weighted by Gasteiger charge is 2.21. The molecule has 2 N–H and O–H groups in total. The van der Waals surface area contributed by atoms with Crippen LogP contribution in [0, 0.1) is 6.92 Å². The highest BCUT2D eigenvalue weighted by Crippen LogP contribution is 2.29. The molecule has 2 aromatic heterocycles. The van der Waals surface area contributed by atoms with Crippen molar-refractivity contribution in [3.8, 4) is 17.0 Å². The summed E-state index contributed by atoms with van der Waals surface area (Å²) in [7, 11) is 3.06. The first-order chi connectivity index (χ1) is 16.3. The number of carbonyl (C=O) groups is 2. The van der Waals surface area contributed by atoms with Crippen LogP contribution in [0.5, 0.6) is 5.75 Å². The number of pyridine rings is 1. The minimum Gasteiger partial charge on any atom is -0.497 e. The van der Waals surface area contributed by atoms with E-state index in [1.54, 1.807) is 35.1 Å². The number of amides is 2. The molecule has 0 aliphatic heterocycles. The summed E-state index contributed by atoms with van der Waals surface area (Å²) in [6.45, 7) is 6.04. The molecule has 174 valence electrons. The highest BCUT2D eigenvalue weighted by atomic mass is 16.5. The molecule has 2 amide bonds. The fourth-order valence-electron chi connectivity index (χ4n) is 3.85. The van der Waals surface area contributed by atoms with Gasteiger partial charge in [0.2, 0.25) is 0 Å². The Bertz CT molecular complexity index is 1390. The van der Waals surface area contributed by atoms with E-state index in [1.165, 1.54) is 14.2 Å². The van der Waals surface area contributed by atoms with E-state index in [2.05, 4.69) is 15.7 Å². The second-order valence-electron chi connectivity index (χ2n) is 8.23. The molecule has 0 unspecified atom stereocenters. The number of anilines is 1. The zero-order valence-electron chi connectivity index (χ0n) is 19.8. The van der Waals surface area contributed by atoms with Gasteiger partial charge >= 0.3 is 0 Å².